The van der Waals surface area contributed by atoms with Crippen molar-refractivity contribution in [2.75, 3.05) is 13.1 Å². The lowest BCUT2D eigenvalue weighted by Gasteiger charge is -2.41. The van der Waals surface area contributed by atoms with Crippen molar-refractivity contribution < 1.29 is 4.79 Å². The molecule has 0 radical (unpaired) electrons. The lowest BCUT2D eigenvalue weighted by molar-refractivity contribution is -0.130. The lowest BCUT2D eigenvalue weighted by Crippen LogP contribution is -2.54. The number of carbonyl (C=O) groups excluding carboxylic acids is 1. The molecule has 1 saturated heterocycles. The molecule has 0 aromatic carbocycles. The average molecular weight is 263 g/mol. The van der Waals surface area contributed by atoms with E-state index < -0.39 is 0 Å². The summed E-state index contributed by atoms with van der Waals surface area (Å²) in [5, 5.41) is 4.32. The molecule has 0 saturated carbocycles. The first kappa shape index (κ1) is 14.3. The van der Waals surface area contributed by atoms with Gasteiger partial charge in [-0.05, 0) is 45.3 Å². The van der Waals surface area contributed by atoms with Crippen molar-refractivity contribution in [1.82, 2.24) is 14.7 Å². The van der Waals surface area contributed by atoms with E-state index in [2.05, 4.69) is 23.8 Å². The van der Waals surface area contributed by atoms with Crippen LogP contribution in [0.3, 0.4) is 0 Å². The Balaban J connectivity index is 2.08. The molecule has 19 heavy (non-hydrogen) atoms. The fourth-order valence-electron chi connectivity index (χ4n) is 2.90. The first-order chi connectivity index (χ1) is 9.06. The number of piperidine rings is 1. The monoisotopic (exact) mass is 263 g/mol. The molecule has 1 aliphatic heterocycles. The van der Waals surface area contributed by atoms with Gasteiger partial charge in [-0.3, -0.25) is 14.4 Å². The van der Waals surface area contributed by atoms with Crippen LogP contribution in [0.5, 0.6) is 0 Å². The van der Waals surface area contributed by atoms with E-state index in [0.29, 0.717) is 12.2 Å². The fourth-order valence-corrected chi connectivity index (χ4v) is 2.90. The molecule has 1 aliphatic rings. The van der Waals surface area contributed by atoms with Gasteiger partial charge in [-0.2, -0.15) is 5.10 Å². The second-order valence-electron chi connectivity index (χ2n) is 5.76. The van der Waals surface area contributed by atoms with Gasteiger partial charge in [-0.25, -0.2) is 0 Å². The number of carbonyl (C=O) groups is 1. The summed E-state index contributed by atoms with van der Waals surface area (Å²) < 4.78 is 1.76. The second-order valence-corrected chi connectivity index (χ2v) is 5.76. The SMILES string of the molecule is CCC(C)(C(=O)Cc1ccn(C)n1)N1CCCCC1. The molecule has 1 unspecified atom stereocenters. The number of rotatable bonds is 5. The van der Waals surface area contributed by atoms with Crippen LogP contribution in [0, 0.1) is 0 Å². The lowest BCUT2D eigenvalue weighted by atomic mass is 9.86. The highest BCUT2D eigenvalue weighted by Gasteiger charge is 2.37. The predicted molar refractivity (Wildman–Crippen MR) is 76.0 cm³/mol. The van der Waals surface area contributed by atoms with Crippen molar-refractivity contribution in [3.8, 4) is 0 Å². The Morgan fingerprint density at radius 3 is 2.58 bits per heavy atom. The highest BCUT2D eigenvalue weighted by Crippen LogP contribution is 2.26. The van der Waals surface area contributed by atoms with Crippen LogP contribution < -0.4 is 0 Å². The Kier molecular flexibility index (Phi) is 4.40. The van der Waals surface area contributed by atoms with E-state index >= 15 is 0 Å². The number of hydrogen-bond acceptors (Lipinski definition) is 3. The zero-order valence-electron chi connectivity index (χ0n) is 12.4. The molecule has 0 amide bonds. The smallest absolute Gasteiger partial charge is 0.158 e. The Hall–Kier alpha value is -1.16. The third kappa shape index (κ3) is 3.06. The third-order valence-corrected chi connectivity index (χ3v) is 4.45. The highest BCUT2D eigenvalue weighted by molar-refractivity contribution is 5.89. The van der Waals surface area contributed by atoms with Gasteiger partial charge in [0.1, 0.15) is 0 Å². The van der Waals surface area contributed by atoms with E-state index in [0.717, 1.165) is 25.2 Å². The van der Waals surface area contributed by atoms with Gasteiger partial charge in [0.2, 0.25) is 0 Å². The van der Waals surface area contributed by atoms with Gasteiger partial charge in [0, 0.05) is 13.2 Å². The van der Waals surface area contributed by atoms with Crippen LogP contribution >= 0.6 is 0 Å². The van der Waals surface area contributed by atoms with Gasteiger partial charge in [-0.15, -0.1) is 0 Å². The van der Waals surface area contributed by atoms with E-state index in [4.69, 9.17) is 0 Å². The fraction of sp³-hybridized carbons (Fsp3) is 0.733. The summed E-state index contributed by atoms with van der Waals surface area (Å²) >= 11 is 0. The van der Waals surface area contributed by atoms with Gasteiger partial charge < -0.3 is 0 Å². The molecule has 2 heterocycles. The van der Waals surface area contributed by atoms with Crippen LogP contribution in [0.1, 0.15) is 45.2 Å². The van der Waals surface area contributed by atoms with Crippen molar-refractivity contribution in [3.63, 3.8) is 0 Å². The van der Waals surface area contributed by atoms with Gasteiger partial charge >= 0.3 is 0 Å². The van der Waals surface area contributed by atoms with Gasteiger partial charge in [-0.1, -0.05) is 13.3 Å². The zero-order chi connectivity index (χ0) is 13.9. The maximum atomic E-state index is 12.7. The van der Waals surface area contributed by atoms with E-state index in [-0.39, 0.29) is 5.54 Å². The number of hydrogen-bond donors (Lipinski definition) is 0. The standard InChI is InChI=1S/C15H25N3O/c1-4-15(2,18-9-6-5-7-10-18)14(19)12-13-8-11-17(3)16-13/h8,11H,4-7,9-10,12H2,1-3H3. The van der Waals surface area contributed by atoms with E-state index in [1.54, 1.807) is 4.68 Å². The summed E-state index contributed by atoms with van der Waals surface area (Å²) in [4.78, 5) is 15.1. The summed E-state index contributed by atoms with van der Waals surface area (Å²) in [6, 6.07) is 1.93. The van der Waals surface area contributed by atoms with Crippen molar-refractivity contribution in [3.05, 3.63) is 18.0 Å². The summed E-state index contributed by atoms with van der Waals surface area (Å²) in [7, 11) is 1.89. The van der Waals surface area contributed by atoms with Gasteiger partial charge in [0.15, 0.2) is 5.78 Å². The normalized spacial score (nSPS) is 20.2. The topological polar surface area (TPSA) is 38.1 Å². The molecule has 106 valence electrons. The van der Waals surface area contributed by atoms with E-state index in [9.17, 15) is 4.79 Å². The minimum absolute atomic E-state index is 0.301. The Morgan fingerprint density at radius 2 is 2.05 bits per heavy atom. The van der Waals surface area contributed by atoms with Crippen molar-refractivity contribution in [2.45, 2.75) is 51.5 Å². The first-order valence-corrected chi connectivity index (χ1v) is 7.33. The molecule has 4 nitrogen and oxygen atoms in total. The Bertz CT molecular complexity index is 434. The molecule has 1 aromatic heterocycles. The Labute approximate surface area is 115 Å². The van der Waals surface area contributed by atoms with Crippen molar-refractivity contribution in [1.29, 1.82) is 0 Å². The number of Topliss-reactive ketones (excluding diaryl/α,β-unsaturated/α-hetero) is 1. The summed E-state index contributed by atoms with van der Waals surface area (Å²) in [6.45, 7) is 6.32. The van der Waals surface area contributed by atoms with E-state index in [1.807, 2.05) is 19.3 Å². The number of aryl methyl sites for hydroxylation is 1. The largest absolute Gasteiger partial charge is 0.297 e. The molecular formula is C15H25N3O. The molecule has 0 spiro atoms. The van der Waals surface area contributed by atoms with E-state index in [1.165, 1.54) is 19.3 Å². The summed E-state index contributed by atoms with van der Waals surface area (Å²) in [6.07, 6.45) is 6.94. The minimum atomic E-state index is -0.321. The molecule has 0 aliphatic carbocycles. The molecular weight excluding hydrogens is 238 g/mol. The molecule has 1 fully saturated rings. The minimum Gasteiger partial charge on any atom is -0.297 e. The van der Waals surface area contributed by atoms with Crippen LogP contribution in [-0.4, -0.2) is 39.1 Å². The third-order valence-electron chi connectivity index (χ3n) is 4.45. The van der Waals surface area contributed by atoms with Gasteiger partial charge in [0.05, 0.1) is 17.7 Å². The molecule has 4 heteroatoms. The predicted octanol–water partition coefficient (Wildman–Crippen LogP) is 2.19. The highest BCUT2D eigenvalue weighted by atomic mass is 16.1. The van der Waals surface area contributed by atoms with Crippen LogP contribution in [-0.2, 0) is 18.3 Å². The Morgan fingerprint density at radius 1 is 1.37 bits per heavy atom. The molecule has 2 rings (SSSR count). The summed E-state index contributed by atoms with van der Waals surface area (Å²) in [5.74, 6) is 0.301. The van der Waals surface area contributed by atoms with Crippen LogP contribution in [0.15, 0.2) is 12.3 Å². The van der Waals surface area contributed by atoms with Crippen LogP contribution in [0.2, 0.25) is 0 Å². The summed E-state index contributed by atoms with van der Waals surface area (Å²) in [5.41, 5.74) is 0.557. The van der Waals surface area contributed by atoms with Gasteiger partial charge in [0.25, 0.3) is 0 Å². The molecule has 0 bridgehead atoms. The second kappa shape index (κ2) is 5.87. The van der Waals surface area contributed by atoms with Crippen LogP contribution in [0.25, 0.3) is 0 Å². The average Bonchev–Trinajstić information content (AvgIpc) is 2.84. The number of nitrogens with zero attached hydrogens (tertiary/aromatic N) is 3. The maximum Gasteiger partial charge on any atom is 0.158 e. The number of ketones is 1. The van der Waals surface area contributed by atoms with Crippen molar-refractivity contribution >= 4 is 5.78 Å². The van der Waals surface area contributed by atoms with Crippen LogP contribution in [0.4, 0.5) is 0 Å². The zero-order valence-corrected chi connectivity index (χ0v) is 12.4. The molecule has 1 atom stereocenters. The quantitative estimate of drug-likeness (QED) is 0.817. The molecule has 0 N–H and O–H groups in total. The maximum absolute atomic E-state index is 12.7. The number of likely N-dealkylation sites (tertiary alicyclic amines) is 1. The first-order valence-electron chi connectivity index (χ1n) is 7.33. The number of aromatic nitrogens is 2. The van der Waals surface area contributed by atoms with Crippen molar-refractivity contribution in [2.24, 2.45) is 7.05 Å². The molecule has 1 aromatic rings.